The molecule has 0 saturated carbocycles. The number of rotatable bonds is 5. The van der Waals surface area contributed by atoms with Crippen molar-refractivity contribution in [3.63, 3.8) is 0 Å². The third-order valence-electron chi connectivity index (χ3n) is 5.92. The van der Waals surface area contributed by atoms with Crippen LogP contribution in [0.5, 0.6) is 0 Å². The third-order valence-corrected chi connectivity index (χ3v) is 6.98. The Kier molecular flexibility index (Phi) is 18.7. The predicted molar refractivity (Wildman–Crippen MR) is 139 cm³/mol. The van der Waals surface area contributed by atoms with E-state index in [-0.39, 0.29) is 25.7 Å². The zero-order valence-electron chi connectivity index (χ0n) is 21.6. The van der Waals surface area contributed by atoms with Gasteiger partial charge < -0.3 is 18.7 Å². The summed E-state index contributed by atoms with van der Waals surface area (Å²) in [4.78, 5) is 28.0. The molecule has 0 radical (unpaired) electrons. The van der Waals surface area contributed by atoms with E-state index in [9.17, 15) is 14.3 Å². The summed E-state index contributed by atoms with van der Waals surface area (Å²) in [5, 5.41) is 0. The van der Waals surface area contributed by atoms with Crippen molar-refractivity contribution in [2.75, 3.05) is 13.2 Å². The Labute approximate surface area is 212 Å². The molecule has 3 atom stereocenters. The number of phosphoric acid groups is 1. The van der Waals surface area contributed by atoms with Gasteiger partial charge in [-0.15, -0.1) is 0 Å². The summed E-state index contributed by atoms with van der Waals surface area (Å²) in [7, 11) is -4.56. The second-order valence-electron chi connectivity index (χ2n) is 9.29. The number of phosphoric ester groups is 1. The third kappa shape index (κ3) is 19.4. The van der Waals surface area contributed by atoms with Crippen LogP contribution in [0.4, 0.5) is 0 Å². The first-order valence-corrected chi connectivity index (χ1v) is 14.9. The highest BCUT2D eigenvalue weighted by Gasteiger charge is 2.23. The van der Waals surface area contributed by atoms with Crippen LogP contribution >= 0.6 is 7.82 Å². The summed E-state index contributed by atoms with van der Waals surface area (Å²) >= 11 is 0. The Hall–Kier alpha value is -1.45. The molecule has 0 bridgehead atoms. The number of ether oxygens (including phenoxy) is 1. The van der Waals surface area contributed by atoms with Gasteiger partial charge in [0.2, 0.25) is 0 Å². The molecule has 0 aliphatic carbocycles. The normalized spacial score (nSPS) is 26.8. The van der Waals surface area contributed by atoms with Crippen molar-refractivity contribution >= 4 is 13.8 Å². The minimum atomic E-state index is -4.56. The van der Waals surface area contributed by atoms with E-state index < -0.39 is 19.9 Å². The summed E-state index contributed by atoms with van der Waals surface area (Å²) in [6.45, 7) is 6.71. The lowest BCUT2D eigenvalue weighted by molar-refractivity contribution is -0.229. The number of esters is 1. The van der Waals surface area contributed by atoms with Crippen LogP contribution in [0.15, 0.2) is 24.3 Å². The van der Waals surface area contributed by atoms with E-state index in [1.54, 1.807) is 0 Å². The topological polar surface area (TPSA) is 89.2 Å². The molecule has 1 unspecified atom stereocenters. The smallest absolute Gasteiger partial charge is 0.308 e. The fraction of sp³-hybridized carbons (Fsp3) is 0.778. The van der Waals surface area contributed by atoms with Gasteiger partial charge in [-0.25, -0.2) is 0 Å². The van der Waals surface area contributed by atoms with Crippen molar-refractivity contribution in [1.29, 1.82) is 0 Å². The van der Waals surface area contributed by atoms with E-state index in [1.165, 1.54) is 51.4 Å². The van der Waals surface area contributed by atoms with E-state index in [0.29, 0.717) is 12.8 Å². The molecule has 1 heterocycles. The Morgan fingerprint density at radius 2 is 1.54 bits per heavy atom. The van der Waals surface area contributed by atoms with E-state index >= 15 is 0 Å². The molecule has 200 valence electrons. The first-order chi connectivity index (χ1) is 16.9. The van der Waals surface area contributed by atoms with E-state index in [0.717, 1.165) is 32.1 Å². The van der Waals surface area contributed by atoms with Crippen LogP contribution in [0.2, 0.25) is 0 Å². The Bertz CT molecular complexity index is 702. The molecular formula is C27H46NO6P. The first kappa shape index (κ1) is 31.6. The monoisotopic (exact) mass is 511 g/mol. The molecule has 1 rings (SSSR count). The average Bonchev–Trinajstić information content (AvgIpc) is 2.79. The van der Waals surface area contributed by atoms with Gasteiger partial charge in [0, 0.05) is 6.42 Å². The number of hydrogen-bond acceptors (Lipinski definition) is 6. The van der Waals surface area contributed by atoms with Crippen LogP contribution in [-0.2, 0) is 23.1 Å². The first-order valence-electron chi connectivity index (χ1n) is 13.4. The number of carbonyl (C=O) groups is 1. The number of cyclic esters (lactones) is 1. The van der Waals surface area contributed by atoms with Gasteiger partial charge in [-0.1, -0.05) is 86.9 Å². The summed E-state index contributed by atoms with van der Waals surface area (Å²) in [5.41, 5.74) is 0. The quantitative estimate of drug-likeness (QED) is 0.169. The minimum Gasteiger partial charge on any atom is -0.756 e. The molecule has 1 aliphatic heterocycles. The standard InChI is InChI=1S/C27H46NO6P/c1-25-20-18-16-14-12-10-8-6-4-3-5-7-9-11-13-15-17-19-21-26(24-27(29)33-25)34-35(30,31)32-23-22-28-2/h2,8,10,16,18,25-26H,3-7,9,11-15,17,19-24H2,1H3/b10-8-,18-16+/t25-,26+/m0/s1. The fourth-order valence-electron chi connectivity index (χ4n) is 4.00. The van der Waals surface area contributed by atoms with Crippen molar-refractivity contribution in [3.05, 3.63) is 29.1 Å². The Balaban J connectivity index is 2.63. The molecule has 35 heavy (non-hydrogen) atoms. The number of carbonyl (C=O) groups excluding carboxylic acids is 1. The number of allylic oxidation sites excluding steroid dienone is 3. The van der Waals surface area contributed by atoms with E-state index in [4.69, 9.17) is 20.4 Å². The highest BCUT2D eigenvalue weighted by molar-refractivity contribution is 7.45. The fourth-order valence-corrected chi connectivity index (χ4v) is 4.91. The molecule has 7 nitrogen and oxygen atoms in total. The summed E-state index contributed by atoms with van der Waals surface area (Å²) in [6.07, 6.45) is 23.3. The van der Waals surface area contributed by atoms with Crippen molar-refractivity contribution in [2.45, 2.75) is 122 Å². The van der Waals surface area contributed by atoms with Crippen molar-refractivity contribution in [1.82, 2.24) is 0 Å². The molecule has 0 aromatic carbocycles. The van der Waals surface area contributed by atoms with Crippen LogP contribution in [-0.4, -0.2) is 31.3 Å². The molecule has 1 aliphatic rings. The zero-order chi connectivity index (χ0) is 25.6. The summed E-state index contributed by atoms with van der Waals surface area (Å²) in [5.74, 6) is -0.467. The van der Waals surface area contributed by atoms with Gasteiger partial charge in [0.1, 0.15) is 12.7 Å². The second kappa shape index (κ2) is 20.7. The molecule has 0 amide bonds. The van der Waals surface area contributed by atoms with Crippen molar-refractivity contribution < 1.29 is 28.0 Å². The Morgan fingerprint density at radius 3 is 2.20 bits per heavy atom. The molecule has 0 saturated heterocycles. The maximum Gasteiger partial charge on any atom is 0.308 e. The lowest BCUT2D eigenvalue weighted by Gasteiger charge is -2.27. The van der Waals surface area contributed by atoms with Crippen LogP contribution < -0.4 is 4.89 Å². The molecule has 0 N–H and O–H groups in total. The van der Waals surface area contributed by atoms with Gasteiger partial charge >= 0.3 is 5.97 Å². The van der Waals surface area contributed by atoms with Crippen molar-refractivity contribution in [3.8, 4) is 6.57 Å². The predicted octanol–water partition coefficient (Wildman–Crippen LogP) is 7.12. The minimum absolute atomic E-state index is 0.0453. The Morgan fingerprint density at radius 1 is 0.971 bits per heavy atom. The molecule has 8 heteroatoms. The lowest BCUT2D eigenvalue weighted by atomic mass is 10.0. The highest BCUT2D eigenvalue weighted by Crippen LogP contribution is 2.41. The average molecular weight is 512 g/mol. The van der Waals surface area contributed by atoms with E-state index in [2.05, 4.69) is 23.1 Å². The van der Waals surface area contributed by atoms with Crippen molar-refractivity contribution in [2.24, 2.45) is 0 Å². The number of hydrogen-bond donors (Lipinski definition) is 0. The zero-order valence-corrected chi connectivity index (χ0v) is 22.5. The number of nitrogens with zero attached hydrogens (tertiary/aromatic N) is 1. The molecule has 0 aromatic rings. The summed E-state index contributed by atoms with van der Waals surface area (Å²) < 4.78 is 27.7. The van der Waals surface area contributed by atoms with Crippen LogP contribution in [0.3, 0.4) is 0 Å². The lowest BCUT2D eigenvalue weighted by Crippen LogP contribution is -2.24. The summed E-state index contributed by atoms with van der Waals surface area (Å²) in [6, 6.07) is 0. The van der Waals surface area contributed by atoms with Crippen LogP contribution in [0, 0.1) is 6.57 Å². The van der Waals surface area contributed by atoms with Gasteiger partial charge in [-0.2, -0.15) is 0 Å². The van der Waals surface area contributed by atoms with Gasteiger partial charge in [0.25, 0.3) is 20.9 Å². The molecule has 0 spiro atoms. The van der Waals surface area contributed by atoms with Gasteiger partial charge in [0.05, 0.1) is 12.5 Å². The van der Waals surface area contributed by atoms with E-state index in [1.807, 2.05) is 13.0 Å². The van der Waals surface area contributed by atoms with Gasteiger partial charge in [0.15, 0.2) is 0 Å². The van der Waals surface area contributed by atoms with Crippen LogP contribution in [0.1, 0.15) is 110 Å². The SMILES string of the molecule is C#[N+]CCOP(=O)([O-])O[C@@H]1CCCCCCCCCCCC/C=C\CC/C=C/C[C@H](C)OC(=O)C1. The molecule has 0 fully saturated rings. The van der Waals surface area contributed by atoms with Crippen LogP contribution in [0.25, 0.3) is 4.85 Å². The largest absolute Gasteiger partial charge is 0.756 e. The molecular weight excluding hydrogens is 465 g/mol. The molecule has 0 aromatic heterocycles. The maximum atomic E-state index is 12.5. The maximum absolute atomic E-state index is 12.5. The highest BCUT2D eigenvalue weighted by atomic mass is 31.2. The van der Waals surface area contributed by atoms with Gasteiger partial charge in [-0.3, -0.25) is 9.36 Å². The second-order valence-corrected chi connectivity index (χ2v) is 10.7. The van der Waals surface area contributed by atoms with Gasteiger partial charge in [-0.05, 0) is 39.0 Å².